The van der Waals surface area contributed by atoms with Crippen LogP contribution < -0.4 is 10.1 Å². The van der Waals surface area contributed by atoms with E-state index in [0.29, 0.717) is 18.7 Å². The fourth-order valence-electron chi connectivity index (χ4n) is 3.01. The summed E-state index contributed by atoms with van der Waals surface area (Å²) in [4.78, 5) is 16.7. The normalized spacial score (nSPS) is 11.7. The predicted octanol–water partition coefficient (Wildman–Crippen LogP) is 3.41. The molecule has 0 radical (unpaired) electrons. The number of rotatable bonds is 9. The maximum Gasteiger partial charge on any atom is 0.273 e. The van der Waals surface area contributed by atoms with Gasteiger partial charge in [0.2, 0.25) is 0 Å². The van der Waals surface area contributed by atoms with Crippen molar-refractivity contribution in [2.24, 2.45) is 0 Å². The summed E-state index contributed by atoms with van der Waals surface area (Å²) < 4.78 is 12.6. The first-order chi connectivity index (χ1) is 14.8. The molecule has 4 rings (SSSR count). The molecule has 0 aliphatic rings. The minimum absolute atomic E-state index is 0.193. The summed E-state index contributed by atoms with van der Waals surface area (Å²) in [5, 5.41) is 11.0. The van der Waals surface area contributed by atoms with Gasteiger partial charge in [-0.2, -0.15) is 5.10 Å². The minimum atomic E-state index is -0.308. The third kappa shape index (κ3) is 5.11. The van der Waals surface area contributed by atoms with Crippen LogP contribution in [-0.2, 0) is 13.2 Å². The lowest BCUT2D eigenvalue weighted by molar-refractivity contribution is 0.0923. The highest BCUT2D eigenvalue weighted by Crippen LogP contribution is 2.19. The lowest BCUT2D eigenvalue weighted by Crippen LogP contribution is -2.29. The van der Waals surface area contributed by atoms with Crippen LogP contribution in [0.15, 0.2) is 83.9 Å². The Hall–Kier alpha value is -3.94. The third-order valence-electron chi connectivity index (χ3n) is 4.54. The average Bonchev–Trinajstić information content (AvgIpc) is 3.49. The Morgan fingerprint density at radius 2 is 1.87 bits per heavy atom. The summed E-state index contributed by atoms with van der Waals surface area (Å²) in [6.45, 7) is 0.813. The SMILES string of the molecule is O=C(N[C@H](CCn1cncn1)c1ccccc1)c1cc(COc2ccccc2)on1. The number of carbonyl (C=O) groups is 1. The van der Waals surface area contributed by atoms with Crippen molar-refractivity contribution in [3.8, 4) is 5.75 Å². The van der Waals surface area contributed by atoms with Crippen LogP contribution >= 0.6 is 0 Å². The first-order valence-electron chi connectivity index (χ1n) is 9.59. The number of aromatic nitrogens is 4. The van der Waals surface area contributed by atoms with Gasteiger partial charge < -0.3 is 14.6 Å². The molecule has 0 bridgehead atoms. The van der Waals surface area contributed by atoms with E-state index < -0.39 is 0 Å². The van der Waals surface area contributed by atoms with Gasteiger partial charge >= 0.3 is 0 Å². The van der Waals surface area contributed by atoms with Crippen molar-refractivity contribution in [3.63, 3.8) is 0 Å². The lowest BCUT2D eigenvalue weighted by atomic mass is 10.0. The summed E-state index contributed by atoms with van der Waals surface area (Å²) in [5.41, 5.74) is 1.21. The Labute approximate surface area is 173 Å². The molecule has 4 aromatic rings. The van der Waals surface area contributed by atoms with Gasteiger partial charge in [0, 0.05) is 12.6 Å². The summed E-state index contributed by atoms with van der Waals surface area (Å²) in [7, 11) is 0. The standard InChI is InChI=1S/C22H21N5O3/c28-22(21-13-19(30-26-21)14-29-18-9-5-2-6-10-18)25-20(17-7-3-1-4-8-17)11-12-27-16-23-15-24-27/h1-10,13,15-16,20H,11-12,14H2,(H,25,28)/t20-/m1/s1. The molecule has 0 saturated carbocycles. The van der Waals surface area contributed by atoms with E-state index in [1.165, 1.54) is 6.33 Å². The lowest BCUT2D eigenvalue weighted by Gasteiger charge is -2.18. The molecule has 30 heavy (non-hydrogen) atoms. The molecular formula is C22H21N5O3. The molecule has 0 unspecified atom stereocenters. The van der Waals surface area contributed by atoms with E-state index in [0.717, 1.165) is 11.3 Å². The number of amides is 1. The second-order valence-corrected chi connectivity index (χ2v) is 6.66. The Bertz CT molecular complexity index is 1050. The van der Waals surface area contributed by atoms with Crippen molar-refractivity contribution in [1.29, 1.82) is 0 Å². The van der Waals surface area contributed by atoms with Crippen molar-refractivity contribution in [2.45, 2.75) is 25.6 Å². The van der Waals surface area contributed by atoms with Crippen LogP contribution in [-0.4, -0.2) is 25.8 Å². The monoisotopic (exact) mass is 403 g/mol. The molecule has 8 heteroatoms. The molecule has 1 amide bonds. The zero-order valence-corrected chi connectivity index (χ0v) is 16.2. The van der Waals surface area contributed by atoms with Gasteiger partial charge in [0.05, 0.1) is 6.04 Å². The Morgan fingerprint density at radius 3 is 2.60 bits per heavy atom. The summed E-state index contributed by atoms with van der Waals surface area (Å²) in [6, 6.07) is 20.6. The second kappa shape index (κ2) is 9.51. The Balaban J connectivity index is 1.40. The fourth-order valence-corrected chi connectivity index (χ4v) is 3.01. The van der Waals surface area contributed by atoms with Crippen LogP contribution in [0, 0.1) is 0 Å². The van der Waals surface area contributed by atoms with Gasteiger partial charge in [-0.3, -0.25) is 9.48 Å². The second-order valence-electron chi connectivity index (χ2n) is 6.66. The van der Waals surface area contributed by atoms with Crippen molar-refractivity contribution in [1.82, 2.24) is 25.2 Å². The Kier molecular flexibility index (Phi) is 6.14. The van der Waals surface area contributed by atoms with Gasteiger partial charge in [-0.05, 0) is 24.1 Å². The highest BCUT2D eigenvalue weighted by atomic mass is 16.5. The quantitative estimate of drug-likeness (QED) is 0.460. The van der Waals surface area contributed by atoms with E-state index in [1.54, 1.807) is 17.1 Å². The van der Waals surface area contributed by atoms with E-state index in [1.807, 2.05) is 60.7 Å². The van der Waals surface area contributed by atoms with Gasteiger partial charge in [0.25, 0.3) is 5.91 Å². The van der Waals surface area contributed by atoms with Crippen LogP contribution in [0.25, 0.3) is 0 Å². The molecule has 0 aliphatic carbocycles. The molecular weight excluding hydrogens is 382 g/mol. The largest absolute Gasteiger partial charge is 0.486 e. The molecule has 0 saturated heterocycles. The zero-order chi connectivity index (χ0) is 20.6. The Morgan fingerprint density at radius 1 is 1.10 bits per heavy atom. The van der Waals surface area contributed by atoms with E-state index in [9.17, 15) is 4.79 Å². The summed E-state index contributed by atoms with van der Waals surface area (Å²) in [5.74, 6) is 0.886. The maximum absolute atomic E-state index is 12.8. The minimum Gasteiger partial charge on any atom is -0.486 e. The fraction of sp³-hybridized carbons (Fsp3) is 0.182. The van der Waals surface area contributed by atoms with Gasteiger partial charge in [-0.25, -0.2) is 4.98 Å². The van der Waals surface area contributed by atoms with Crippen molar-refractivity contribution < 1.29 is 14.1 Å². The molecule has 0 spiro atoms. The topological polar surface area (TPSA) is 95.1 Å². The van der Waals surface area contributed by atoms with Gasteiger partial charge in [-0.15, -0.1) is 0 Å². The van der Waals surface area contributed by atoms with E-state index in [4.69, 9.17) is 9.26 Å². The number of hydrogen-bond acceptors (Lipinski definition) is 6. The zero-order valence-electron chi connectivity index (χ0n) is 16.2. The number of hydrogen-bond donors (Lipinski definition) is 1. The number of nitrogens with zero attached hydrogens (tertiary/aromatic N) is 4. The molecule has 1 atom stereocenters. The molecule has 0 aliphatic heterocycles. The highest BCUT2D eigenvalue weighted by molar-refractivity contribution is 5.92. The van der Waals surface area contributed by atoms with Crippen molar-refractivity contribution in [3.05, 3.63) is 96.4 Å². The van der Waals surface area contributed by atoms with Crippen LogP contribution in [0.2, 0.25) is 0 Å². The van der Waals surface area contributed by atoms with Crippen LogP contribution in [0.5, 0.6) is 5.75 Å². The molecule has 2 heterocycles. The van der Waals surface area contributed by atoms with Crippen LogP contribution in [0.1, 0.15) is 34.3 Å². The number of nitrogens with one attached hydrogen (secondary N) is 1. The van der Waals surface area contributed by atoms with E-state index in [2.05, 4.69) is 20.6 Å². The molecule has 2 aromatic heterocycles. The maximum atomic E-state index is 12.8. The molecule has 1 N–H and O–H groups in total. The number of ether oxygens (including phenoxy) is 1. The van der Waals surface area contributed by atoms with Gasteiger partial charge in [0.1, 0.15) is 25.0 Å². The molecule has 2 aromatic carbocycles. The van der Waals surface area contributed by atoms with Crippen LogP contribution in [0.3, 0.4) is 0 Å². The van der Waals surface area contributed by atoms with Crippen LogP contribution in [0.4, 0.5) is 0 Å². The predicted molar refractivity (Wildman–Crippen MR) is 109 cm³/mol. The highest BCUT2D eigenvalue weighted by Gasteiger charge is 2.19. The first kappa shape index (κ1) is 19.4. The van der Waals surface area contributed by atoms with Gasteiger partial charge in [-0.1, -0.05) is 53.7 Å². The first-order valence-corrected chi connectivity index (χ1v) is 9.59. The van der Waals surface area contributed by atoms with Gasteiger partial charge in [0.15, 0.2) is 11.5 Å². The summed E-state index contributed by atoms with van der Waals surface area (Å²) >= 11 is 0. The molecule has 152 valence electrons. The van der Waals surface area contributed by atoms with Crippen molar-refractivity contribution in [2.75, 3.05) is 0 Å². The van der Waals surface area contributed by atoms with E-state index >= 15 is 0 Å². The number of aryl methyl sites for hydroxylation is 1. The van der Waals surface area contributed by atoms with E-state index in [-0.39, 0.29) is 24.2 Å². The average molecular weight is 403 g/mol. The molecule has 8 nitrogen and oxygen atoms in total. The van der Waals surface area contributed by atoms with Crippen molar-refractivity contribution >= 4 is 5.91 Å². The summed E-state index contributed by atoms with van der Waals surface area (Å²) in [6.07, 6.45) is 3.80. The molecule has 0 fully saturated rings. The third-order valence-corrected chi connectivity index (χ3v) is 4.54. The smallest absolute Gasteiger partial charge is 0.273 e. The number of benzene rings is 2. The number of carbonyl (C=O) groups excluding carboxylic acids is 1. The number of para-hydroxylation sites is 1.